The van der Waals surface area contributed by atoms with E-state index < -0.39 is 12.9 Å². The van der Waals surface area contributed by atoms with E-state index in [-0.39, 0.29) is 29.6 Å². The van der Waals surface area contributed by atoms with Crippen LogP contribution >= 0.6 is 0 Å². The van der Waals surface area contributed by atoms with Crippen LogP contribution in [0, 0.1) is 0 Å². The van der Waals surface area contributed by atoms with Crippen LogP contribution in [0.2, 0.25) is 0 Å². The van der Waals surface area contributed by atoms with Gasteiger partial charge in [0.15, 0.2) is 6.67 Å². The summed E-state index contributed by atoms with van der Waals surface area (Å²) in [6.45, 7) is -2.23. The quantitative estimate of drug-likeness (QED) is 0.333. The molecule has 0 aromatic carbocycles. The van der Waals surface area contributed by atoms with Crippen LogP contribution in [0.15, 0.2) is 0 Å². The van der Waals surface area contributed by atoms with E-state index in [4.69, 9.17) is 0 Å². The molecule has 0 saturated carbocycles. The fraction of sp³-hybridized carbons (Fsp3) is 1.00. The molecule has 0 fully saturated rings. The number of hydrogen-bond donors (Lipinski definition) is 0. The van der Waals surface area contributed by atoms with Gasteiger partial charge in [-0.15, -0.1) is 0 Å². The van der Waals surface area contributed by atoms with Crippen molar-refractivity contribution in [2.75, 3.05) is 6.67 Å². The van der Waals surface area contributed by atoms with E-state index in [1.807, 2.05) is 0 Å². The van der Waals surface area contributed by atoms with Gasteiger partial charge in [0.05, 0.1) is 0 Å². The molecule has 0 unspecified atom stereocenters. The fourth-order valence-electron chi connectivity index (χ4n) is 0. The van der Waals surface area contributed by atoms with Gasteiger partial charge in [-0.05, 0) is 0 Å². The van der Waals surface area contributed by atoms with Crippen LogP contribution in [0.4, 0.5) is 17.6 Å². The Morgan fingerprint density at radius 2 is 1.29 bits per heavy atom. The molecule has 0 heterocycles. The van der Waals surface area contributed by atoms with Crippen molar-refractivity contribution >= 4 is 29.6 Å². The van der Waals surface area contributed by atoms with Gasteiger partial charge in [-0.3, -0.25) is 0 Å². The molecule has 0 bridgehead atoms. The Morgan fingerprint density at radius 3 is 1.29 bits per heavy atom. The minimum atomic E-state index is -4.62. The predicted molar refractivity (Wildman–Crippen MR) is 19.2 cm³/mol. The van der Waals surface area contributed by atoms with Gasteiger partial charge in [-0.1, -0.05) is 0 Å². The first-order chi connectivity index (χ1) is 2.56. The van der Waals surface area contributed by atoms with E-state index in [0.717, 1.165) is 0 Å². The average molecular weight is 126 g/mol. The Labute approximate surface area is 60.2 Å². The van der Waals surface area contributed by atoms with Gasteiger partial charge in [-0.25, -0.2) is 4.39 Å². The van der Waals surface area contributed by atoms with Gasteiger partial charge in [0.2, 0.25) is 0 Å². The summed E-state index contributed by atoms with van der Waals surface area (Å²) >= 11 is 0. The van der Waals surface area contributed by atoms with Crippen molar-refractivity contribution in [1.29, 1.82) is 0 Å². The van der Waals surface area contributed by atoms with Gasteiger partial charge in [0, 0.05) is 0 Å². The number of alkyl halides is 4. The first-order valence-corrected chi connectivity index (χ1v) is 1.19. The van der Waals surface area contributed by atoms with Crippen molar-refractivity contribution in [1.82, 2.24) is 0 Å². The first kappa shape index (κ1) is 10.7. The zero-order valence-corrected chi connectivity index (χ0v) is 2.72. The molecule has 0 N–H and O–H groups in total. The monoisotopic (exact) mass is 126 g/mol. The Bertz CT molecular complexity index is 39.4. The zero-order valence-electron chi connectivity index (χ0n) is 2.72. The molecular weight excluding hydrogens is 123 g/mol. The number of halogens is 4. The third kappa shape index (κ3) is 10.8. The Balaban J connectivity index is 0. The third-order valence-corrected chi connectivity index (χ3v) is 0.152. The summed E-state index contributed by atoms with van der Waals surface area (Å²) in [7, 11) is 0. The van der Waals surface area contributed by atoms with Gasteiger partial charge in [0.25, 0.3) is 0 Å². The van der Waals surface area contributed by atoms with Crippen molar-refractivity contribution in [3.63, 3.8) is 0 Å². The number of rotatable bonds is 0. The summed E-state index contributed by atoms with van der Waals surface area (Å²) in [4.78, 5) is 0. The predicted octanol–water partition coefficient (Wildman–Crippen LogP) is 0.870. The molecule has 0 amide bonds. The summed E-state index contributed by atoms with van der Waals surface area (Å²) in [5, 5.41) is 0. The van der Waals surface area contributed by atoms with Crippen LogP contribution in [-0.2, 0) is 0 Å². The molecule has 0 rings (SSSR count). The molecule has 0 atom stereocenters. The van der Waals surface area contributed by atoms with Crippen molar-refractivity contribution in [3.05, 3.63) is 0 Å². The molecule has 0 nitrogen and oxygen atoms in total. The second-order valence-corrected chi connectivity index (χ2v) is 0.749. The summed E-state index contributed by atoms with van der Waals surface area (Å²) in [5.41, 5.74) is 0. The van der Waals surface area contributed by atoms with E-state index in [9.17, 15) is 17.6 Å². The topological polar surface area (TPSA) is 0 Å². The van der Waals surface area contributed by atoms with Gasteiger partial charge >= 0.3 is 35.7 Å². The Morgan fingerprint density at radius 1 is 1.14 bits per heavy atom. The summed E-state index contributed by atoms with van der Waals surface area (Å²) in [6.07, 6.45) is -4.62. The molecule has 0 aromatic heterocycles. The van der Waals surface area contributed by atoms with E-state index >= 15 is 0 Å². The van der Waals surface area contributed by atoms with E-state index in [0.29, 0.717) is 0 Å². The Hall–Kier alpha value is 0.720. The summed E-state index contributed by atoms with van der Waals surface area (Å²) in [5.74, 6) is 0. The van der Waals surface area contributed by atoms with Gasteiger partial charge in [-0.2, -0.15) is 13.2 Å². The molecule has 0 aliphatic heterocycles. The molecule has 7 heavy (non-hydrogen) atoms. The second-order valence-electron chi connectivity index (χ2n) is 0.749. The third-order valence-electron chi connectivity index (χ3n) is 0.152. The minimum absolute atomic E-state index is 0. The normalized spacial score (nSPS) is 10.3. The van der Waals surface area contributed by atoms with Crippen LogP contribution in [0.1, 0.15) is 0 Å². The second kappa shape index (κ2) is 3.69. The molecule has 0 aromatic rings. The van der Waals surface area contributed by atoms with E-state index in [2.05, 4.69) is 0 Å². The maximum atomic E-state index is 10.4. The van der Waals surface area contributed by atoms with Crippen molar-refractivity contribution in [2.24, 2.45) is 0 Å². The van der Waals surface area contributed by atoms with Crippen LogP contribution in [0.5, 0.6) is 0 Å². The fourth-order valence-corrected chi connectivity index (χ4v) is 0. The van der Waals surface area contributed by atoms with Crippen molar-refractivity contribution in [2.45, 2.75) is 6.18 Å². The molecular formula is C2H3F4Na. The average Bonchev–Trinajstić information content (AvgIpc) is 1.35. The van der Waals surface area contributed by atoms with E-state index in [1.54, 1.807) is 0 Å². The molecule has 40 valence electrons. The summed E-state index contributed by atoms with van der Waals surface area (Å²) in [6, 6.07) is 0. The van der Waals surface area contributed by atoms with Crippen molar-refractivity contribution < 1.29 is 17.6 Å². The molecule has 5 heteroatoms. The zero-order chi connectivity index (χ0) is 5.21. The molecule has 0 saturated heterocycles. The van der Waals surface area contributed by atoms with Crippen LogP contribution in [0.25, 0.3) is 0 Å². The van der Waals surface area contributed by atoms with Gasteiger partial charge in [0.1, 0.15) is 0 Å². The first-order valence-electron chi connectivity index (χ1n) is 1.19. The Kier molecular flexibility index (Phi) is 5.62. The standard InChI is InChI=1S/C2H2F4.Na.H/c3-1-2(4,5)6;;/h1H2;;. The summed E-state index contributed by atoms with van der Waals surface area (Å²) < 4.78 is 41.6. The van der Waals surface area contributed by atoms with Crippen LogP contribution in [0.3, 0.4) is 0 Å². The van der Waals surface area contributed by atoms with Crippen LogP contribution in [-0.4, -0.2) is 42.4 Å². The van der Waals surface area contributed by atoms with Crippen molar-refractivity contribution in [3.8, 4) is 0 Å². The molecule has 0 aliphatic rings. The molecule has 0 radical (unpaired) electrons. The molecule has 0 aliphatic carbocycles. The van der Waals surface area contributed by atoms with Crippen LogP contribution < -0.4 is 0 Å². The molecule has 0 spiro atoms. The maximum absolute atomic E-state index is 10.4. The SMILES string of the molecule is FCC(F)(F)F.[NaH]. The van der Waals surface area contributed by atoms with E-state index in [1.165, 1.54) is 0 Å². The van der Waals surface area contributed by atoms with Gasteiger partial charge < -0.3 is 0 Å². The number of hydrogen-bond acceptors (Lipinski definition) is 0.